The van der Waals surface area contributed by atoms with Gasteiger partial charge in [-0.3, -0.25) is 0 Å². The predicted octanol–water partition coefficient (Wildman–Crippen LogP) is 0.525. The highest BCUT2D eigenvalue weighted by atomic mass is 16.5. The van der Waals surface area contributed by atoms with Gasteiger partial charge in [0.15, 0.2) is 5.82 Å². The molecule has 1 N–H and O–H groups in total. The Kier molecular flexibility index (Phi) is 4.47. The fourth-order valence-electron chi connectivity index (χ4n) is 1.74. The molecule has 1 aromatic heterocycles. The highest BCUT2D eigenvalue weighted by Crippen LogP contribution is 2.05. The maximum atomic E-state index is 5.70. The van der Waals surface area contributed by atoms with Gasteiger partial charge in [0.05, 0.1) is 18.8 Å². The quantitative estimate of drug-likeness (QED) is 0.810. The van der Waals surface area contributed by atoms with E-state index in [2.05, 4.69) is 15.5 Å². The highest BCUT2D eigenvalue weighted by Gasteiger charge is 2.18. The fraction of sp³-hybridized carbons (Fsp3) is 0.818. The van der Waals surface area contributed by atoms with Crippen LogP contribution in [0.5, 0.6) is 0 Å². The summed E-state index contributed by atoms with van der Waals surface area (Å²) >= 11 is 0. The van der Waals surface area contributed by atoms with Gasteiger partial charge >= 0.3 is 0 Å². The summed E-state index contributed by atoms with van der Waals surface area (Å²) in [5.41, 5.74) is 0. The third kappa shape index (κ3) is 3.76. The first-order chi connectivity index (χ1) is 8.28. The molecular weight excluding hydrogens is 222 g/mol. The Morgan fingerprint density at radius 2 is 2.35 bits per heavy atom. The topological polar surface area (TPSA) is 69.4 Å². The lowest BCUT2D eigenvalue weighted by Gasteiger charge is -2.28. The average Bonchev–Trinajstić information content (AvgIpc) is 2.77. The Balaban J connectivity index is 1.68. The lowest BCUT2D eigenvalue weighted by molar-refractivity contribution is -0.0741. The van der Waals surface area contributed by atoms with Crippen molar-refractivity contribution in [2.24, 2.45) is 0 Å². The van der Waals surface area contributed by atoms with Gasteiger partial charge in [0, 0.05) is 19.5 Å². The van der Waals surface area contributed by atoms with Crippen molar-refractivity contribution in [3.8, 4) is 0 Å². The third-order valence-corrected chi connectivity index (χ3v) is 2.58. The molecule has 1 fully saturated rings. The zero-order chi connectivity index (χ0) is 12.1. The van der Waals surface area contributed by atoms with E-state index >= 15 is 0 Å². The van der Waals surface area contributed by atoms with Gasteiger partial charge in [-0.1, -0.05) is 12.1 Å². The second kappa shape index (κ2) is 6.09. The third-order valence-electron chi connectivity index (χ3n) is 2.58. The van der Waals surface area contributed by atoms with Gasteiger partial charge in [-0.2, -0.15) is 4.98 Å². The fourth-order valence-corrected chi connectivity index (χ4v) is 1.74. The zero-order valence-electron chi connectivity index (χ0n) is 10.3. The number of ether oxygens (including phenoxy) is 2. The molecule has 0 spiro atoms. The summed E-state index contributed by atoms with van der Waals surface area (Å²) in [7, 11) is 0. The molecule has 1 aliphatic heterocycles. The first-order valence-electron chi connectivity index (χ1n) is 6.03. The van der Waals surface area contributed by atoms with Crippen molar-refractivity contribution in [1.82, 2.24) is 15.5 Å². The minimum Gasteiger partial charge on any atom is -0.370 e. The van der Waals surface area contributed by atoms with Crippen LogP contribution in [0.15, 0.2) is 4.52 Å². The van der Waals surface area contributed by atoms with Crippen LogP contribution in [0.25, 0.3) is 0 Å². The molecule has 2 rings (SSSR count). The van der Waals surface area contributed by atoms with E-state index in [0.717, 1.165) is 19.5 Å². The molecule has 0 aromatic carbocycles. The zero-order valence-corrected chi connectivity index (χ0v) is 10.3. The maximum absolute atomic E-state index is 5.70. The van der Waals surface area contributed by atoms with Crippen LogP contribution in [0.4, 0.5) is 0 Å². The van der Waals surface area contributed by atoms with Gasteiger partial charge in [-0.15, -0.1) is 0 Å². The van der Waals surface area contributed by atoms with E-state index in [1.165, 1.54) is 0 Å². The Labute approximate surface area is 101 Å². The van der Waals surface area contributed by atoms with Gasteiger partial charge in [0.2, 0.25) is 0 Å². The highest BCUT2D eigenvalue weighted by molar-refractivity contribution is 4.83. The van der Waals surface area contributed by atoms with Crippen LogP contribution in [-0.2, 0) is 22.5 Å². The second-order valence-corrected chi connectivity index (χ2v) is 4.20. The Morgan fingerprint density at radius 3 is 3.06 bits per heavy atom. The molecule has 0 amide bonds. The van der Waals surface area contributed by atoms with Gasteiger partial charge < -0.3 is 19.3 Å². The van der Waals surface area contributed by atoms with Crippen molar-refractivity contribution in [3.05, 3.63) is 11.7 Å². The van der Waals surface area contributed by atoms with Crippen molar-refractivity contribution >= 4 is 0 Å². The molecule has 1 saturated heterocycles. The summed E-state index contributed by atoms with van der Waals surface area (Å²) in [6.45, 7) is 6.65. The minimum atomic E-state index is 0.104. The Morgan fingerprint density at radius 1 is 1.47 bits per heavy atom. The van der Waals surface area contributed by atoms with Gasteiger partial charge in [0.1, 0.15) is 6.61 Å². The molecule has 2 unspecified atom stereocenters. The number of nitrogens with zero attached hydrogens (tertiary/aromatic N) is 2. The van der Waals surface area contributed by atoms with E-state index < -0.39 is 0 Å². The van der Waals surface area contributed by atoms with Crippen molar-refractivity contribution in [2.75, 3.05) is 19.7 Å². The van der Waals surface area contributed by atoms with E-state index in [4.69, 9.17) is 14.0 Å². The van der Waals surface area contributed by atoms with Gasteiger partial charge in [-0.25, -0.2) is 0 Å². The standard InChI is InChI=1S/C11H19N3O3/c1-3-10-13-11(17-14-10)7-15-6-9-5-12-4-8(2)16-9/h8-9,12H,3-7H2,1-2H3. The molecule has 2 atom stereocenters. The lowest BCUT2D eigenvalue weighted by Crippen LogP contribution is -2.45. The Bertz CT molecular complexity index is 342. The molecule has 1 aromatic rings. The molecule has 96 valence electrons. The number of aryl methyl sites for hydroxylation is 1. The molecule has 0 radical (unpaired) electrons. The second-order valence-electron chi connectivity index (χ2n) is 4.20. The van der Waals surface area contributed by atoms with Crippen molar-refractivity contribution in [3.63, 3.8) is 0 Å². The van der Waals surface area contributed by atoms with Crippen LogP contribution < -0.4 is 5.32 Å². The molecule has 1 aliphatic rings. The maximum Gasteiger partial charge on any atom is 0.252 e. The summed E-state index contributed by atoms with van der Waals surface area (Å²) < 4.78 is 16.2. The lowest BCUT2D eigenvalue weighted by atomic mass is 10.2. The molecule has 0 aliphatic carbocycles. The molecular formula is C11H19N3O3. The monoisotopic (exact) mass is 241 g/mol. The first-order valence-corrected chi connectivity index (χ1v) is 6.03. The van der Waals surface area contributed by atoms with Crippen LogP contribution in [0, 0.1) is 0 Å². The average molecular weight is 241 g/mol. The van der Waals surface area contributed by atoms with E-state index in [1.54, 1.807) is 0 Å². The smallest absolute Gasteiger partial charge is 0.252 e. The van der Waals surface area contributed by atoms with E-state index in [9.17, 15) is 0 Å². The number of rotatable bonds is 5. The van der Waals surface area contributed by atoms with Gasteiger partial charge in [0.25, 0.3) is 5.89 Å². The summed E-state index contributed by atoms with van der Waals surface area (Å²) in [6, 6.07) is 0. The molecule has 6 nitrogen and oxygen atoms in total. The van der Waals surface area contributed by atoms with Crippen molar-refractivity contribution in [2.45, 2.75) is 39.1 Å². The summed E-state index contributed by atoms with van der Waals surface area (Å²) in [5, 5.41) is 7.09. The summed E-state index contributed by atoms with van der Waals surface area (Å²) in [4.78, 5) is 4.17. The number of morpholine rings is 1. The molecule has 17 heavy (non-hydrogen) atoms. The number of hydrogen-bond donors (Lipinski definition) is 1. The molecule has 0 saturated carbocycles. The molecule has 0 bridgehead atoms. The largest absolute Gasteiger partial charge is 0.370 e. The van der Waals surface area contributed by atoms with Crippen LogP contribution in [-0.4, -0.2) is 42.0 Å². The van der Waals surface area contributed by atoms with E-state index in [0.29, 0.717) is 24.9 Å². The predicted molar refractivity (Wildman–Crippen MR) is 60.5 cm³/mol. The van der Waals surface area contributed by atoms with Crippen LogP contribution in [0.3, 0.4) is 0 Å². The van der Waals surface area contributed by atoms with Gasteiger partial charge in [-0.05, 0) is 6.92 Å². The van der Waals surface area contributed by atoms with E-state index in [-0.39, 0.29) is 12.2 Å². The Hall–Kier alpha value is -0.980. The summed E-state index contributed by atoms with van der Waals surface area (Å²) in [6.07, 6.45) is 1.12. The normalized spacial score (nSPS) is 25.1. The SMILES string of the molecule is CCc1noc(COCC2CNCC(C)O2)n1. The summed E-state index contributed by atoms with van der Waals surface area (Å²) in [5.74, 6) is 1.24. The first kappa shape index (κ1) is 12.5. The van der Waals surface area contributed by atoms with Crippen LogP contribution in [0.1, 0.15) is 25.6 Å². The number of nitrogens with one attached hydrogen (secondary N) is 1. The van der Waals surface area contributed by atoms with Crippen molar-refractivity contribution < 1.29 is 14.0 Å². The van der Waals surface area contributed by atoms with Crippen molar-refractivity contribution in [1.29, 1.82) is 0 Å². The minimum absolute atomic E-state index is 0.104. The number of hydrogen-bond acceptors (Lipinski definition) is 6. The van der Waals surface area contributed by atoms with E-state index in [1.807, 2.05) is 13.8 Å². The molecule has 6 heteroatoms. The molecule has 2 heterocycles. The number of aromatic nitrogens is 2. The van der Waals surface area contributed by atoms with Crippen LogP contribution >= 0.6 is 0 Å². The van der Waals surface area contributed by atoms with Crippen LogP contribution in [0.2, 0.25) is 0 Å².